The minimum atomic E-state index is -2.79. The number of ether oxygens (including phenoxy) is 1. The van der Waals surface area contributed by atoms with E-state index in [-0.39, 0.29) is 5.75 Å². The summed E-state index contributed by atoms with van der Waals surface area (Å²) in [4.78, 5) is 4.79. The average molecular weight is 312 g/mol. The number of nitrogens with zero attached hydrogens (tertiary/aromatic N) is 1. The van der Waals surface area contributed by atoms with E-state index in [0.29, 0.717) is 6.04 Å². The number of hydrogen-bond donors (Lipinski definition) is 1. The van der Waals surface area contributed by atoms with Crippen LogP contribution in [-0.4, -0.2) is 23.6 Å². The fourth-order valence-corrected chi connectivity index (χ4v) is 4.00. The average Bonchev–Trinajstić information content (AvgIpc) is 2.49. The van der Waals surface area contributed by atoms with Crippen molar-refractivity contribution in [2.75, 3.05) is 11.1 Å². The summed E-state index contributed by atoms with van der Waals surface area (Å²) in [5.74, 6) is 2.00. The van der Waals surface area contributed by atoms with E-state index in [9.17, 15) is 8.78 Å². The Labute approximate surface area is 127 Å². The molecule has 2 unspecified atom stereocenters. The van der Waals surface area contributed by atoms with Gasteiger partial charge in [-0.1, -0.05) is 24.6 Å². The fraction of sp³-hybridized carbons (Fsp3) is 0.533. The zero-order valence-corrected chi connectivity index (χ0v) is 12.4. The smallest absolute Gasteiger partial charge is 0.387 e. The summed E-state index contributed by atoms with van der Waals surface area (Å²) in [5.41, 5.74) is 0.845. The largest absolute Gasteiger partial charge is 0.435 e. The molecule has 114 valence electrons. The van der Waals surface area contributed by atoms with Crippen molar-refractivity contribution in [1.29, 1.82) is 0 Å². The Kier molecular flexibility index (Phi) is 4.63. The first-order valence-electron chi connectivity index (χ1n) is 7.23. The van der Waals surface area contributed by atoms with Crippen LogP contribution in [0.1, 0.15) is 25.7 Å². The van der Waals surface area contributed by atoms with Gasteiger partial charge in [-0.25, -0.2) is 0 Å². The molecule has 1 fully saturated rings. The highest BCUT2D eigenvalue weighted by molar-refractivity contribution is 8.14. The lowest BCUT2D eigenvalue weighted by atomic mass is 9.86. The monoisotopic (exact) mass is 312 g/mol. The molecule has 2 atom stereocenters. The van der Waals surface area contributed by atoms with Crippen molar-refractivity contribution in [2.24, 2.45) is 10.9 Å². The summed E-state index contributed by atoms with van der Waals surface area (Å²) in [6, 6.07) is 6.98. The van der Waals surface area contributed by atoms with E-state index in [1.807, 2.05) is 0 Å². The van der Waals surface area contributed by atoms with Crippen LogP contribution in [0.5, 0.6) is 5.75 Å². The highest BCUT2D eigenvalue weighted by Crippen LogP contribution is 2.34. The summed E-state index contributed by atoms with van der Waals surface area (Å²) in [6.07, 6.45) is 5.06. The molecule has 1 aromatic rings. The van der Waals surface area contributed by atoms with Gasteiger partial charge in [-0.15, -0.1) is 0 Å². The maximum absolute atomic E-state index is 12.1. The molecule has 1 aliphatic carbocycles. The summed E-state index contributed by atoms with van der Waals surface area (Å²) in [5, 5.41) is 4.20. The Bertz CT molecular complexity index is 507. The van der Waals surface area contributed by atoms with Crippen molar-refractivity contribution in [3.63, 3.8) is 0 Å². The minimum absolute atomic E-state index is 0.168. The number of fused-ring (bicyclic) bond motifs is 1. The van der Waals surface area contributed by atoms with Gasteiger partial charge in [-0.3, -0.25) is 4.99 Å². The second kappa shape index (κ2) is 6.64. The molecule has 1 aromatic carbocycles. The molecular weight excluding hydrogens is 294 g/mol. The standard InChI is InChI=1S/C15H18F2N2OS/c16-14(17)20-12-7-5-11(6-8-12)18-15-19-13-4-2-1-3-10(13)9-21-15/h5-8,10,13-14H,1-4,9H2,(H,18,19). The van der Waals surface area contributed by atoms with Crippen molar-refractivity contribution >= 4 is 22.6 Å². The maximum Gasteiger partial charge on any atom is 0.387 e. The molecular formula is C15H18F2N2OS. The zero-order chi connectivity index (χ0) is 14.7. The van der Waals surface area contributed by atoms with E-state index < -0.39 is 6.61 Å². The highest BCUT2D eigenvalue weighted by Gasteiger charge is 2.29. The van der Waals surface area contributed by atoms with Gasteiger partial charge in [0, 0.05) is 11.4 Å². The Hall–Kier alpha value is -1.30. The topological polar surface area (TPSA) is 33.6 Å². The molecule has 0 saturated heterocycles. The Balaban J connectivity index is 1.62. The van der Waals surface area contributed by atoms with Crippen molar-refractivity contribution in [1.82, 2.24) is 0 Å². The lowest BCUT2D eigenvalue weighted by Crippen LogP contribution is -2.31. The third-order valence-corrected chi connectivity index (χ3v) is 4.99. The van der Waals surface area contributed by atoms with E-state index in [1.165, 1.54) is 37.8 Å². The van der Waals surface area contributed by atoms with Crippen molar-refractivity contribution in [3.8, 4) is 5.75 Å². The van der Waals surface area contributed by atoms with E-state index in [1.54, 1.807) is 23.9 Å². The summed E-state index contributed by atoms with van der Waals surface area (Å²) < 4.78 is 28.5. The number of anilines is 1. The molecule has 0 bridgehead atoms. The first-order valence-corrected chi connectivity index (χ1v) is 8.22. The van der Waals surface area contributed by atoms with E-state index in [0.717, 1.165) is 22.5 Å². The number of rotatable bonds is 3. The first kappa shape index (κ1) is 14.6. The number of alkyl halides is 2. The van der Waals surface area contributed by atoms with Gasteiger partial charge in [0.1, 0.15) is 5.75 Å². The molecule has 6 heteroatoms. The predicted octanol–water partition coefficient (Wildman–Crippen LogP) is 4.36. The number of aliphatic imine (C=N–C) groups is 1. The lowest BCUT2D eigenvalue weighted by molar-refractivity contribution is -0.0498. The maximum atomic E-state index is 12.1. The van der Waals surface area contributed by atoms with Gasteiger partial charge in [0.25, 0.3) is 0 Å². The number of thioether (sulfide) groups is 1. The van der Waals surface area contributed by atoms with Crippen molar-refractivity contribution in [3.05, 3.63) is 24.3 Å². The van der Waals surface area contributed by atoms with Crippen LogP contribution in [0.4, 0.5) is 14.5 Å². The second-order valence-electron chi connectivity index (χ2n) is 5.39. The molecule has 0 amide bonds. The zero-order valence-electron chi connectivity index (χ0n) is 11.6. The van der Waals surface area contributed by atoms with Gasteiger partial charge >= 0.3 is 6.61 Å². The molecule has 1 N–H and O–H groups in total. The number of benzene rings is 1. The van der Waals surface area contributed by atoms with E-state index >= 15 is 0 Å². The third kappa shape index (κ3) is 3.87. The first-order chi connectivity index (χ1) is 10.2. The van der Waals surface area contributed by atoms with Crippen molar-refractivity contribution < 1.29 is 13.5 Å². The Morgan fingerprint density at radius 2 is 1.95 bits per heavy atom. The van der Waals surface area contributed by atoms with Gasteiger partial charge in [-0.2, -0.15) is 8.78 Å². The van der Waals surface area contributed by atoms with Crippen LogP contribution in [0.3, 0.4) is 0 Å². The molecule has 0 aromatic heterocycles. The quantitative estimate of drug-likeness (QED) is 0.900. The molecule has 0 spiro atoms. The Morgan fingerprint density at radius 3 is 2.71 bits per heavy atom. The molecule has 21 heavy (non-hydrogen) atoms. The normalized spacial score (nSPS) is 25.2. The molecule has 1 heterocycles. The molecule has 1 aliphatic heterocycles. The number of hydrogen-bond acceptors (Lipinski definition) is 4. The van der Waals surface area contributed by atoms with Crippen LogP contribution in [-0.2, 0) is 0 Å². The van der Waals surface area contributed by atoms with Crippen LogP contribution >= 0.6 is 11.8 Å². The molecule has 0 radical (unpaired) electrons. The van der Waals surface area contributed by atoms with Crippen LogP contribution < -0.4 is 10.1 Å². The van der Waals surface area contributed by atoms with E-state index in [4.69, 9.17) is 4.99 Å². The summed E-state index contributed by atoms with van der Waals surface area (Å²) in [7, 11) is 0. The lowest BCUT2D eigenvalue weighted by Gasteiger charge is -2.32. The molecule has 2 aliphatic rings. The van der Waals surface area contributed by atoms with Gasteiger partial charge in [0.15, 0.2) is 5.17 Å². The molecule has 3 rings (SSSR count). The molecule has 3 nitrogen and oxygen atoms in total. The number of amidine groups is 1. The third-order valence-electron chi connectivity index (χ3n) is 3.92. The second-order valence-corrected chi connectivity index (χ2v) is 6.39. The van der Waals surface area contributed by atoms with Gasteiger partial charge in [0.05, 0.1) is 6.04 Å². The Morgan fingerprint density at radius 1 is 1.19 bits per heavy atom. The van der Waals surface area contributed by atoms with Gasteiger partial charge in [0.2, 0.25) is 0 Å². The van der Waals surface area contributed by atoms with Crippen LogP contribution in [0.15, 0.2) is 29.3 Å². The summed E-state index contributed by atoms with van der Waals surface area (Å²) >= 11 is 1.75. The fourth-order valence-electron chi connectivity index (χ4n) is 2.84. The predicted molar refractivity (Wildman–Crippen MR) is 82.3 cm³/mol. The van der Waals surface area contributed by atoms with Crippen LogP contribution in [0, 0.1) is 5.92 Å². The molecule has 1 saturated carbocycles. The SMILES string of the molecule is FC(F)Oc1ccc(NC2=NC3CCCCC3CS2)cc1. The summed E-state index contributed by atoms with van der Waals surface area (Å²) in [6.45, 7) is -2.79. The minimum Gasteiger partial charge on any atom is -0.435 e. The number of halogens is 2. The van der Waals surface area contributed by atoms with Gasteiger partial charge in [-0.05, 0) is 43.0 Å². The van der Waals surface area contributed by atoms with Crippen LogP contribution in [0.2, 0.25) is 0 Å². The highest BCUT2D eigenvalue weighted by atomic mass is 32.2. The number of nitrogens with one attached hydrogen (secondary N) is 1. The van der Waals surface area contributed by atoms with Crippen molar-refractivity contribution in [2.45, 2.75) is 38.3 Å². The van der Waals surface area contributed by atoms with Gasteiger partial charge < -0.3 is 10.1 Å². The van der Waals surface area contributed by atoms with Crippen LogP contribution in [0.25, 0.3) is 0 Å². The van der Waals surface area contributed by atoms with E-state index in [2.05, 4.69) is 10.1 Å².